The fourth-order valence-electron chi connectivity index (χ4n) is 2.95. The predicted molar refractivity (Wildman–Crippen MR) is 99.2 cm³/mol. The molecule has 2 heterocycles. The van der Waals surface area contributed by atoms with Crippen LogP contribution in [0.25, 0.3) is 10.9 Å². The third kappa shape index (κ3) is 3.28. The molecule has 2 aromatic carbocycles. The molecule has 4 rings (SSSR count). The van der Waals surface area contributed by atoms with Crippen molar-refractivity contribution in [2.45, 2.75) is 18.2 Å². The van der Waals surface area contributed by atoms with Crippen LogP contribution in [0.2, 0.25) is 0 Å². The molecular formula is C20H16N2O2S. The summed E-state index contributed by atoms with van der Waals surface area (Å²) in [5.41, 5.74) is 2.69. The minimum absolute atomic E-state index is 0.131. The summed E-state index contributed by atoms with van der Waals surface area (Å²) >= 11 is 1.10. The first-order chi connectivity index (χ1) is 12.2. The van der Waals surface area contributed by atoms with E-state index in [2.05, 4.69) is 4.98 Å². The van der Waals surface area contributed by atoms with Crippen molar-refractivity contribution in [3.8, 4) is 0 Å². The number of carbonyl (C=O) groups excluding carboxylic acids is 2. The SMILES string of the molecule is O=C1SC(Cc2ccc3ccccc3n2)C(=O)N1Cc1ccccc1. The molecule has 1 saturated heterocycles. The number of hydrogen-bond acceptors (Lipinski definition) is 4. The number of aromatic nitrogens is 1. The van der Waals surface area contributed by atoms with Gasteiger partial charge in [0.05, 0.1) is 17.3 Å². The summed E-state index contributed by atoms with van der Waals surface area (Å²) in [7, 11) is 0. The first-order valence-corrected chi connectivity index (χ1v) is 8.99. The van der Waals surface area contributed by atoms with E-state index >= 15 is 0 Å². The molecule has 0 spiro atoms. The van der Waals surface area contributed by atoms with Crippen LogP contribution in [0.1, 0.15) is 11.3 Å². The van der Waals surface area contributed by atoms with Gasteiger partial charge in [-0.3, -0.25) is 19.5 Å². The molecule has 0 N–H and O–H groups in total. The van der Waals surface area contributed by atoms with E-state index in [1.54, 1.807) is 0 Å². The van der Waals surface area contributed by atoms with Crippen LogP contribution in [0.15, 0.2) is 66.7 Å². The van der Waals surface area contributed by atoms with Crippen LogP contribution in [0.5, 0.6) is 0 Å². The molecule has 1 fully saturated rings. The Morgan fingerprint density at radius 1 is 0.920 bits per heavy atom. The number of amides is 2. The van der Waals surface area contributed by atoms with Gasteiger partial charge < -0.3 is 0 Å². The zero-order chi connectivity index (χ0) is 17.2. The van der Waals surface area contributed by atoms with Crippen molar-refractivity contribution < 1.29 is 9.59 Å². The number of fused-ring (bicyclic) bond motifs is 1. The molecule has 0 saturated carbocycles. The Kier molecular flexibility index (Phi) is 4.24. The molecule has 2 amide bonds. The van der Waals surface area contributed by atoms with Crippen LogP contribution in [0, 0.1) is 0 Å². The molecule has 0 radical (unpaired) electrons. The maximum absolute atomic E-state index is 12.6. The first-order valence-electron chi connectivity index (χ1n) is 8.11. The lowest BCUT2D eigenvalue weighted by atomic mass is 10.1. The maximum atomic E-state index is 12.6. The number of thioether (sulfide) groups is 1. The molecule has 1 unspecified atom stereocenters. The van der Waals surface area contributed by atoms with Crippen LogP contribution >= 0.6 is 11.8 Å². The number of para-hydroxylation sites is 1. The van der Waals surface area contributed by atoms with Gasteiger partial charge >= 0.3 is 0 Å². The molecule has 1 atom stereocenters. The molecule has 0 aliphatic carbocycles. The van der Waals surface area contributed by atoms with Gasteiger partial charge in [0.25, 0.3) is 5.24 Å². The van der Waals surface area contributed by atoms with E-state index in [-0.39, 0.29) is 11.1 Å². The maximum Gasteiger partial charge on any atom is 0.289 e. The molecule has 25 heavy (non-hydrogen) atoms. The summed E-state index contributed by atoms with van der Waals surface area (Å²) in [5.74, 6) is -0.131. The fourth-order valence-corrected chi connectivity index (χ4v) is 3.96. The Morgan fingerprint density at radius 2 is 1.68 bits per heavy atom. The van der Waals surface area contributed by atoms with Crippen molar-refractivity contribution in [1.82, 2.24) is 9.88 Å². The molecule has 0 bridgehead atoms. The second kappa shape index (κ2) is 6.69. The van der Waals surface area contributed by atoms with Gasteiger partial charge in [-0.2, -0.15) is 0 Å². The van der Waals surface area contributed by atoms with Gasteiger partial charge in [0.2, 0.25) is 5.91 Å². The molecule has 5 heteroatoms. The zero-order valence-corrected chi connectivity index (χ0v) is 14.3. The van der Waals surface area contributed by atoms with Crippen LogP contribution in [0.3, 0.4) is 0 Å². The highest BCUT2D eigenvalue weighted by Crippen LogP contribution is 2.30. The summed E-state index contributed by atoms with van der Waals surface area (Å²) in [6.45, 7) is 0.327. The van der Waals surface area contributed by atoms with E-state index < -0.39 is 5.25 Å². The number of carbonyl (C=O) groups is 2. The monoisotopic (exact) mass is 348 g/mol. The lowest BCUT2D eigenvalue weighted by Crippen LogP contribution is -2.31. The highest BCUT2D eigenvalue weighted by molar-refractivity contribution is 8.15. The lowest BCUT2D eigenvalue weighted by molar-refractivity contribution is -0.127. The van der Waals surface area contributed by atoms with Crippen LogP contribution in [-0.2, 0) is 17.8 Å². The van der Waals surface area contributed by atoms with E-state index in [9.17, 15) is 9.59 Å². The highest BCUT2D eigenvalue weighted by Gasteiger charge is 2.39. The second-order valence-electron chi connectivity index (χ2n) is 5.98. The van der Waals surface area contributed by atoms with E-state index in [1.807, 2.05) is 66.7 Å². The average Bonchev–Trinajstić information content (AvgIpc) is 2.90. The van der Waals surface area contributed by atoms with E-state index in [0.717, 1.165) is 33.9 Å². The number of rotatable bonds is 4. The van der Waals surface area contributed by atoms with Gasteiger partial charge in [-0.25, -0.2) is 0 Å². The Labute approximate surface area is 149 Å². The summed E-state index contributed by atoms with van der Waals surface area (Å²) in [6.07, 6.45) is 0.464. The molecule has 1 aliphatic rings. The van der Waals surface area contributed by atoms with E-state index in [0.29, 0.717) is 13.0 Å². The molecule has 4 nitrogen and oxygen atoms in total. The summed E-state index contributed by atoms with van der Waals surface area (Å²) in [4.78, 5) is 30.8. The lowest BCUT2D eigenvalue weighted by Gasteiger charge is -2.13. The van der Waals surface area contributed by atoms with Crippen molar-refractivity contribution >= 4 is 33.8 Å². The minimum Gasteiger partial charge on any atom is -0.273 e. The molecule has 124 valence electrons. The standard InChI is InChI=1S/C20H16N2O2S/c23-19-18(12-16-11-10-15-8-4-5-9-17(15)21-16)25-20(24)22(19)13-14-6-2-1-3-7-14/h1-11,18H,12-13H2. The van der Waals surface area contributed by atoms with E-state index in [1.165, 1.54) is 4.90 Å². The van der Waals surface area contributed by atoms with Gasteiger partial charge in [0.15, 0.2) is 0 Å². The Hall–Kier alpha value is -2.66. The van der Waals surface area contributed by atoms with Crippen molar-refractivity contribution in [2.75, 3.05) is 0 Å². The third-order valence-corrected chi connectivity index (χ3v) is 5.31. The van der Waals surface area contributed by atoms with E-state index in [4.69, 9.17) is 0 Å². The normalized spacial score (nSPS) is 17.4. The van der Waals surface area contributed by atoms with Crippen molar-refractivity contribution in [1.29, 1.82) is 0 Å². The number of imide groups is 1. The quantitative estimate of drug-likeness (QED) is 0.714. The fraction of sp³-hybridized carbons (Fsp3) is 0.150. The molecule has 3 aromatic rings. The van der Waals surface area contributed by atoms with Gasteiger partial charge in [-0.1, -0.05) is 66.4 Å². The number of hydrogen-bond donors (Lipinski definition) is 0. The molecule has 1 aromatic heterocycles. The van der Waals surface area contributed by atoms with Crippen molar-refractivity contribution in [3.05, 3.63) is 78.0 Å². The molecular weight excluding hydrogens is 332 g/mol. The van der Waals surface area contributed by atoms with Crippen LogP contribution < -0.4 is 0 Å². The van der Waals surface area contributed by atoms with Crippen LogP contribution in [-0.4, -0.2) is 26.3 Å². The van der Waals surface area contributed by atoms with Gasteiger partial charge in [-0.15, -0.1) is 0 Å². The number of pyridine rings is 1. The summed E-state index contributed by atoms with van der Waals surface area (Å²) in [5, 5.41) is 0.489. The number of nitrogens with zero attached hydrogens (tertiary/aromatic N) is 2. The van der Waals surface area contributed by atoms with Gasteiger partial charge in [0, 0.05) is 17.5 Å². The summed E-state index contributed by atoms with van der Waals surface area (Å²) in [6, 6.07) is 21.4. The summed E-state index contributed by atoms with van der Waals surface area (Å²) < 4.78 is 0. The average molecular weight is 348 g/mol. The smallest absolute Gasteiger partial charge is 0.273 e. The van der Waals surface area contributed by atoms with Gasteiger partial charge in [0.1, 0.15) is 0 Å². The highest BCUT2D eigenvalue weighted by atomic mass is 32.2. The largest absolute Gasteiger partial charge is 0.289 e. The Balaban J connectivity index is 1.51. The Bertz CT molecular complexity index is 943. The topological polar surface area (TPSA) is 50.3 Å². The first kappa shape index (κ1) is 15.8. The van der Waals surface area contributed by atoms with Crippen molar-refractivity contribution in [2.24, 2.45) is 0 Å². The predicted octanol–water partition coefficient (Wildman–Crippen LogP) is 4.04. The van der Waals surface area contributed by atoms with Crippen molar-refractivity contribution in [3.63, 3.8) is 0 Å². The molecule has 1 aliphatic heterocycles. The third-order valence-electron chi connectivity index (χ3n) is 4.24. The zero-order valence-electron chi connectivity index (χ0n) is 13.5. The van der Waals surface area contributed by atoms with Crippen LogP contribution in [0.4, 0.5) is 4.79 Å². The van der Waals surface area contributed by atoms with Gasteiger partial charge in [-0.05, 0) is 17.7 Å². The minimum atomic E-state index is -0.398. The second-order valence-corrected chi connectivity index (χ2v) is 7.14. The Morgan fingerprint density at radius 3 is 2.52 bits per heavy atom. The number of benzene rings is 2.